The van der Waals surface area contributed by atoms with Gasteiger partial charge in [-0.05, 0) is 43.2 Å². The molecule has 1 unspecified atom stereocenters. The van der Waals surface area contributed by atoms with E-state index in [1.54, 1.807) is 11.2 Å². The van der Waals surface area contributed by atoms with Gasteiger partial charge in [0.2, 0.25) is 5.91 Å². The molecule has 166 valence electrons. The number of primary amides is 1. The predicted octanol–water partition coefficient (Wildman–Crippen LogP) is 1.54. The molecule has 9 nitrogen and oxygen atoms in total. The first-order valence-corrected chi connectivity index (χ1v) is 10.9. The number of piperidine rings is 1. The SMILES string of the molecule is NC(=O)[C@@H]1CCCN(c2ccccc2C2=CCN(c3ccc4cn[nH]c4c3)C(N)N2N)C1. The summed E-state index contributed by atoms with van der Waals surface area (Å²) in [6, 6.07) is 14.2. The summed E-state index contributed by atoms with van der Waals surface area (Å²) in [6.45, 7) is 2.11. The number of amides is 1. The van der Waals surface area contributed by atoms with Crippen LogP contribution in [0.15, 0.2) is 54.7 Å². The van der Waals surface area contributed by atoms with Crippen LogP contribution >= 0.6 is 0 Å². The number of H-pyrrole nitrogens is 1. The molecule has 0 spiro atoms. The molecule has 0 radical (unpaired) electrons. The average molecular weight is 433 g/mol. The highest BCUT2D eigenvalue weighted by atomic mass is 16.1. The number of benzene rings is 2. The van der Waals surface area contributed by atoms with E-state index >= 15 is 0 Å². The molecule has 0 bridgehead atoms. The second kappa shape index (κ2) is 8.18. The van der Waals surface area contributed by atoms with Crippen LogP contribution in [0, 0.1) is 5.92 Å². The van der Waals surface area contributed by atoms with Crippen molar-refractivity contribution in [3.8, 4) is 0 Å². The number of carbonyl (C=O) groups excluding carboxylic acids is 1. The number of hydrogen-bond acceptors (Lipinski definition) is 7. The number of aromatic nitrogens is 2. The predicted molar refractivity (Wildman–Crippen MR) is 126 cm³/mol. The second-order valence-corrected chi connectivity index (χ2v) is 8.41. The van der Waals surface area contributed by atoms with E-state index in [1.807, 2.05) is 41.3 Å². The molecule has 3 aromatic rings. The van der Waals surface area contributed by atoms with Crippen molar-refractivity contribution in [2.24, 2.45) is 23.2 Å². The number of rotatable bonds is 4. The highest BCUT2D eigenvalue weighted by molar-refractivity contribution is 5.83. The van der Waals surface area contributed by atoms with E-state index < -0.39 is 6.29 Å². The van der Waals surface area contributed by atoms with Gasteiger partial charge in [0.05, 0.1) is 23.3 Å². The summed E-state index contributed by atoms with van der Waals surface area (Å²) in [7, 11) is 0. The van der Waals surface area contributed by atoms with Gasteiger partial charge in [-0.1, -0.05) is 18.2 Å². The Balaban J connectivity index is 1.45. The molecule has 5 rings (SSSR count). The third-order valence-electron chi connectivity index (χ3n) is 6.47. The van der Waals surface area contributed by atoms with E-state index in [9.17, 15) is 4.79 Å². The Morgan fingerprint density at radius 1 is 1.19 bits per heavy atom. The van der Waals surface area contributed by atoms with Gasteiger partial charge in [-0.25, -0.2) is 5.84 Å². The number of carbonyl (C=O) groups is 1. The van der Waals surface area contributed by atoms with E-state index in [0.29, 0.717) is 13.1 Å². The number of aromatic amines is 1. The van der Waals surface area contributed by atoms with Crippen LogP contribution in [0.25, 0.3) is 16.6 Å². The lowest BCUT2D eigenvalue weighted by atomic mass is 9.95. The van der Waals surface area contributed by atoms with Gasteiger partial charge in [-0.2, -0.15) is 5.10 Å². The molecule has 3 heterocycles. The van der Waals surface area contributed by atoms with Crippen molar-refractivity contribution < 1.29 is 4.79 Å². The number of hydrazine groups is 1. The largest absolute Gasteiger partial charge is 0.370 e. The second-order valence-electron chi connectivity index (χ2n) is 8.41. The maximum Gasteiger partial charge on any atom is 0.222 e. The molecule has 32 heavy (non-hydrogen) atoms. The monoisotopic (exact) mass is 432 g/mol. The Morgan fingerprint density at radius 2 is 2.03 bits per heavy atom. The summed E-state index contributed by atoms with van der Waals surface area (Å²) in [4.78, 5) is 16.0. The lowest BCUT2D eigenvalue weighted by Gasteiger charge is -2.42. The molecule has 1 amide bonds. The van der Waals surface area contributed by atoms with Gasteiger partial charge in [0.25, 0.3) is 0 Å². The summed E-state index contributed by atoms with van der Waals surface area (Å²) < 4.78 is 0. The fraction of sp³-hybridized carbons (Fsp3) is 0.304. The molecule has 2 aliphatic heterocycles. The van der Waals surface area contributed by atoms with Gasteiger partial charge in [-0.15, -0.1) is 0 Å². The van der Waals surface area contributed by atoms with Gasteiger partial charge < -0.3 is 15.5 Å². The van der Waals surface area contributed by atoms with Crippen LogP contribution in [0.5, 0.6) is 0 Å². The van der Waals surface area contributed by atoms with Gasteiger partial charge >= 0.3 is 0 Å². The number of hydrogen-bond donors (Lipinski definition) is 4. The zero-order chi connectivity index (χ0) is 22.2. The Bertz CT molecular complexity index is 1170. The van der Waals surface area contributed by atoms with Crippen molar-refractivity contribution >= 4 is 33.9 Å². The van der Waals surface area contributed by atoms with Crippen LogP contribution in [0.4, 0.5) is 11.4 Å². The Labute approximate surface area is 186 Å². The third kappa shape index (κ3) is 3.55. The molecule has 1 aromatic heterocycles. The standard InChI is InChI=1S/C23H28N8O/c24-22(32)16-4-3-10-29(14-16)20-6-2-1-5-18(20)21-9-11-30(23(25)31(21)26)17-8-7-15-13-27-28-19(15)12-17/h1-2,5-9,12-13,16,23H,3-4,10-11,14,25-26H2,(H2,24,32)(H,27,28)/t16-,23?/m1/s1. The minimum atomic E-state index is -0.539. The molecule has 9 heteroatoms. The zero-order valence-corrected chi connectivity index (χ0v) is 17.8. The number of para-hydroxylation sites is 1. The fourth-order valence-corrected chi connectivity index (χ4v) is 4.70. The number of nitrogens with two attached hydrogens (primary N) is 3. The van der Waals surface area contributed by atoms with E-state index in [-0.39, 0.29) is 11.8 Å². The molecular weight excluding hydrogens is 404 g/mol. The Hall–Kier alpha value is -3.56. The van der Waals surface area contributed by atoms with Crippen molar-refractivity contribution in [2.75, 3.05) is 29.4 Å². The lowest BCUT2D eigenvalue weighted by molar-refractivity contribution is -0.122. The number of nitrogens with zero attached hydrogens (tertiary/aromatic N) is 4. The molecule has 1 fully saturated rings. The van der Waals surface area contributed by atoms with Crippen LogP contribution in [0.2, 0.25) is 0 Å². The zero-order valence-electron chi connectivity index (χ0n) is 17.8. The van der Waals surface area contributed by atoms with Gasteiger partial charge in [-0.3, -0.25) is 20.6 Å². The number of nitrogens with one attached hydrogen (secondary N) is 1. The smallest absolute Gasteiger partial charge is 0.222 e. The highest BCUT2D eigenvalue weighted by Crippen LogP contribution is 2.34. The van der Waals surface area contributed by atoms with Crippen molar-refractivity contribution in [3.05, 3.63) is 60.3 Å². The van der Waals surface area contributed by atoms with Crippen molar-refractivity contribution in [2.45, 2.75) is 19.1 Å². The van der Waals surface area contributed by atoms with E-state index in [4.69, 9.17) is 17.3 Å². The molecule has 0 saturated carbocycles. The highest BCUT2D eigenvalue weighted by Gasteiger charge is 2.30. The Kier molecular flexibility index (Phi) is 5.20. The molecular formula is C23H28N8O. The van der Waals surface area contributed by atoms with Gasteiger partial charge in [0.15, 0.2) is 6.29 Å². The normalized spacial score (nSPS) is 21.7. The topological polar surface area (TPSA) is 134 Å². The Morgan fingerprint density at radius 3 is 2.88 bits per heavy atom. The number of fused-ring (bicyclic) bond motifs is 1. The van der Waals surface area contributed by atoms with Crippen molar-refractivity contribution in [3.63, 3.8) is 0 Å². The van der Waals surface area contributed by atoms with Crippen LogP contribution < -0.4 is 27.1 Å². The molecule has 7 N–H and O–H groups in total. The minimum absolute atomic E-state index is 0.138. The van der Waals surface area contributed by atoms with Crippen molar-refractivity contribution in [1.29, 1.82) is 0 Å². The first kappa shape index (κ1) is 20.3. The van der Waals surface area contributed by atoms with E-state index in [0.717, 1.165) is 52.9 Å². The van der Waals surface area contributed by atoms with Crippen molar-refractivity contribution in [1.82, 2.24) is 15.2 Å². The molecule has 0 aliphatic carbocycles. The summed E-state index contributed by atoms with van der Waals surface area (Å²) in [5, 5.41) is 9.74. The van der Waals surface area contributed by atoms with Crippen LogP contribution in [-0.2, 0) is 4.79 Å². The molecule has 2 aliphatic rings. The summed E-state index contributed by atoms with van der Waals surface area (Å²) >= 11 is 0. The average Bonchev–Trinajstić information content (AvgIpc) is 3.29. The third-order valence-corrected chi connectivity index (χ3v) is 6.47. The fourth-order valence-electron chi connectivity index (χ4n) is 4.70. The molecule has 2 aromatic carbocycles. The van der Waals surface area contributed by atoms with Crippen LogP contribution in [0.3, 0.4) is 0 Å². The molecule has 2 atom stereocenters. The van der Waals surface area contributed by atoms with Crippen LogP contribution in [0.1, 0.15) is 18.4 Å². The first-order valence-electron chi connectivity index (χ1n) is 10.9. The number of anilines is 2. The van der Waals surface area contributed by atoms with Crippen LogP contribution in [-0.4, -0.2) is 47.0 Å². The van der Waals surface area contributed by atoms with E-state index in [1.165, 1.54) is 0 Å². The minimum Gasteiger partial charge on any atom is -0.370 e. The summed E-state index contributed by atoms with van der Waals surface area (Å²) in [5.74, 6) is 6.16. The lowest BCUT2D eigenvalue weighted by Crippen LogP contribution is -2.59. The quantitative estimate of drug-likeness (QED) is 0.460. The van der Waals surface area contributed by atoms with E-state index in [2.05, 4.69) is 27.2 Å². The van der Waals surface area contributed by atoms with Gasteiger partial charge in [0.1, 0.15) is 0 Å². The summed E-state index contributed by atoms with van der Waals surface area (Å²) in [6.07, 6.45) is 5.11. The maximum atomic E-state index is 11.8. The maximum absolute atomic E-state index is 11.8. The molecule has 1 saturated heterocycles. The summed E-state index contributed by atoms with van der Waals surface area (Å²) in [5.41, 5.74) is 17.0. The first-order chi connectivity index (χ1) is 15.5. The van der Waals surface area contributed by atoms with Gasteiger partial charge in [0, 0.05) is 42.0 Å².